The second-order valence-corrected chi connectivity index (χ2v) is 7.27. The molecule has 0 saturated heterocycles. The predicted molar refractivity (Wildman–Crippen MR) is 102 cm³/mol. The van der Waals surface area contributed by atoms with E-state index in [9.17, 15) is 0 Å². The van der Waals surface area contributed by atoms with E-state index in [-0.39, 0.29) is 5.25 Å². The highest BCUT2D eigenvalue weighted by atomic mass is 32.2. The minimum atomic E-state index is 0.238. The smallest absolute Gasteiger partial charge is 0.191 e. The molecule has 130 valence electrons. The van der Waals surface area contributed by atoms with Gasteiger partial charge in [-0.05, 0) is 24.6 Å². The molecule has 0 aliphatic carbocycles. The van der Waals surface area contributed by atoms with Gasteiger partial charge in [-0.1, -0.05) is 54.2 Å². The van der Waals surface area contributed by atoms with Gasteiger partial charge < -0.3 is 4.57 Å². The zero-order chi connectivity index (χ0) is 17.9. The molecule has 2 aromatic heterocycles. The van der Waals surface area contributed by atoms with Crippen LogP contribution < -0.4 is 0 Å². The molecule has 2 heterocycles. The largest absolute Gasteiger partial charge is 0.312 e. The molecule has 0 radical (unpaired) electrons. The van der Waals surface area contributed by atoms with Crippen molar-refractivity contribution in [2.24, 2.45) is 7.05 Å². The number of aromatic nitrogens is 6. The Labute approximate surface area is 155 Å². The summed E-state index contributed by atoms with van der Waals surface area (Å²) in [7, 11) is 1.95. The molecular weight excluding hydrogens is 344 g/mol. The normalized spacial score (nSPS) is 12.2. The highest BCUT2D eigenvalue weighted by molar-refractivity contribution is 7.99. The fourth-order valence-electron chi connectivity index (χ4n) is 2.64. The third kappa shape index (κ3) is 3.39. The summed E-state index contributed by atoms with van der Waals surface area (Å²) >= 11 is 1.68. The van der Waals surface area contributed by atoms with E-state index in [0.717, 1.165) is 22.1 Å². The summed E-state index contributed by atoms with van der Waals surface area (Å²) in [6.45, 7) is 2.16. The molecule has 0 saturated carbocycles. The molecule has 4 rings (SSSR count). The van der Waals surface area contributed by atoms with E-state index in [1.807, 2.05) is 54.1 Å². The van der Waals surface area contributed by atoms with Crippen molar-refractivity contribution in [3.05, 3.63) is 72.7 Å². The molecule has 7 heteroatoms. The minimum Gasteiger partial charge on any atom is -0.312 e. The van der Waals surface area contributed by atoms with Crippen molar-refractivity contribution < 1.29 is 0 Å². The molecule has 0 aliphatic heterocycles. The van der Waals surface area contributed by atoms with Crippen LogP contribution in [0.4, 0.5) is 0 Å². The van der Waals surface area contributed by atoms with Crippen LogP contribution in [0.2, 0.25) is 0 Å². The molecule has 26 heavy (non-hydrogen) atoms. The number of rotatable bonds is 5. The third-order valence-electron chi connectivity index (χ3n) is 4.08. The van der Waals surface area contributed by atoms with Gasteiger partial charge in [0, 0.05) is 17.9 Å². The van der Waals surface area contributed by atoms with E-state index in [2.05, 4.69) is 39.5 Å². The molecule has 2 aromatic carbocycles. The van der Waals surface area contributed by atoms with Crippen LogP contribution in [-0.2, 0) is 7.05 Å². The predicted octanol–water partition coefficient (Wildman–Crippen LogP) is 3.92. The standard InChI is InChI=1S/C19H18N6S/c1-14(26-19-22-20-13-24(19)2)16-9-6-10-17(11-16)25-21-12-18(23-25)15-7-4-3-5-8-15/h3-14H,1-2H3. The Bertz CT molecular complexity index is 1010. The Balaban J connectivity index is 1.58. The van der Waals surface area contributed by atoms with Crippen LogP contribution in [0, 0.1) is 0 Å². The molecule has 0 bridgehead atoms. The zero-order valence-corrected chi connectivity index (χ0v) is 15.3. The van der Waals surface area contributed by atoms with Crippen LogP contribution >= 0.6 is 11.8 Å². The first kappa shape index (κ1) is 16.5. The van der Waals surface area contributed by atoms with Crippen LogP contribution in [0.25, 0.3) is 16.9 Å². The van der Waals surface area contributed by atoms with Crippen LogP contribution in [0.15, 0.2) is 72.3 Å². The molecule has 1 atom stereocenters. The van der Waals surface area contributed by atoms with E-state index in [4.69, 9.17) is 0 Å². The first-order valence-corrected chi connectivity index (χ1v) is 9.17. The maximum absolute atomic E-state index is 4.61. The lowest BCUT2D eigenvalue weighted by molar-refractivity contribution is 0.752. The maximum Gasteiger partial charge on any atom is 0.191 e. The summed E-state index contributed by atoms with van der Waals surface area (Å²) < 4.78 is 1.92. The molecule has 4 aromatic rings. The summed E-state index contributed by atoms with van der Waals surface area (Å²) in [5.74, 6) is 0. The van der Waals surface area contributed by atoms with E-state index in [1.165, 1.54) is 5.56 Å². The molecule has 1 unspecified atom stereocenters. The van der Waals surface area contributed by atoms with Crippen LogP contribution in [0.1, 0.15) is 17.7 Å². The van der Waals surface area contributed by atoms with Crippen molar-refractivity contribution in [1.82, 2.24) is 29.8 Å². The molecule has 0 spiro atoms. The molecule has 0 amide bonds. The maximum atomic E-state index is 4.61. The number of hydrogen-bond acceptors (Lipinski definition) is 5. The Hall–Kier alpha value is -2.93. The van der Waals surface area contributed by atoms with Crippen molar-refractivity contribution >= 4 is 11.8 Å². The van der Waals surface area contributed by atoms with E-state index >= 15 is 0 Å². The average molecular weight is 362 g/mol. The van der Waals surface area contributed by atoms with Gasteiger partial charge in [0.05, 0.1) is 11.9 Å². The lowest BCUT2D eigenvalue weighted by atomic mass is 10.1. The summed E-state index contributed by atoms with van der Waals surface area (Å²) in [5, 5.41) is 18.2. The summed E-state index contributed by atoms with van der Waals surface area (Å²) in [4.78, 5) is 1.67. The SMILES string of the molecule is CC(Sc1nncn1C)c1cccc(-n2ncc(-c3ccccc3)n2)c1. The van der Waals surface area contributed by atoms with Crippen LogP contribution in [-0.4, -0.2) is 29.8 Å². The molecule has 0 aliphatic rings. The van der Waals surface area contributed by atoms with Crippen LogP contribution in [0.5, 0.6) is 0 Å². The fourth-order valence-corrected chi connectivity index (χ4v) is 3.54. The molecule has 0 fully saturated rings. The quantitative estimate of drug-likeness (QED) is 0.504. The number of aryl methyl sites for hydroxylation is 1. The Morgan fingerprint density at radius 2 is 1.88 bits per heavy atom. The highest BCUT2D eigenvalue weighted by Crippen LogP contribution is 2.33. The molecular formula is C19H18N6S. The minimum absolute atomic E-state index is 0.238. The zero-order valence-electron chi connectivity index (χ0n) is 14.5. The van der Waals surface area contributed by atoms with Gasteiger partial charge in [0.25, 0.3) is 0 Å². The Morgan fingerprint density at radius 1 is 1.04 bits per heavy atom. The second-order valence-electron chi connectivity index (χ2n) is 5.96. The lowest BCUT2D eigenvalue weighted by Crippen LogP contribution is -2.01. The topological polar surface area (TPSA) is 61.4 Å². The number of benzene rings is 2. The number of hydrogen-bond donors (Lipinski definition) is 0. The van der Waals surface area contributed by atoms with Crippen molar-refractivity contribution in [2.45, 2.75) is 17.3 Å². The first-order valence-electron chi connectivity index (χ1n) is 8.29. The third-order valence-corrected chi connectivity index (χ3v) is 5.29. The molecule has 0 N–H and O–H groups in total. The van der Waals surface area contributed by atoms with Gasteiger partial charge in [0.15, 0.2) is 5.16 Å². The van der Waals surface area contributed by atoms with Gasteiger partial charge in [-0.3, -0.25) is 0 Å². The van der Waals surface area contributed by atoms with Crippen molar-refractivity contribution in [3.8, 4) is 16.9 Å². The van der Waals surface area contributed by atoms with Crippen molar-refractivity contribution in [3.63, 3.8) is 0 Å². The Morgan fingerprint density at radius 3 is 2.65 bits per heavy atom. The van der Waals surface area contributed by atoms with Gasteiger partial charge >= 0.3 is 0 Å². The monoisotopic (exact) mass is 362 g/mol. The van der Waals surface area contributed by atoms with Crippen molar-refractivity contribution in [2.75, 3.05) is 0 Å². The number of thioether (sulfide) groups is 1. The van der Waals surface area contributed by atoms with Crippen molar-refractivity contribution in [1.29, 1.82) is 0 Å². The van der Waals surface area contributed by atoms with Crippen LogP contribution in [0.3, 0.4) is 0 Å². The lowest BCUT2D eigenvalue weighted by Gasteiger charge is -2.12. The van der Waals surface area contributed by atoms with Gasteiger partial charge in [-0.15, -0.1) is 15.3 Å². The second kappa shape index (κ2) is 7.13. The average Bonchev–Trinajstić information content (AvgIpc) is 3.32. The van der Waals surface area contributed by atoms with Gasteiger partial charge in [-0.2, -0.15) is 9.90 Å². The summed E-state index contributed by atoms with van der Waals surface area (Å²) in [6, 6.07) is 18.3. The first-order chi connectivity index (χ1) is 12.7. The van der Waals surface area contributed by atoms with E-state index in [0.29, 0.717) is 0 Å². The van der Waals surface area contributed by atoms with Gasteiger partial charge in [0.2, 0.25) is 0 Å². The molecule has 6 nitrogen and oxygen atoms in total. The van der Waals surface area contributed by atoms with E-state index in [1.54, 1.807) is 29.1 Å². The Kier molecular flexibility index (Phi) is 4.53. The summed E-state index contributed by atoms with van der Waals surface area (Å²) in [5.41, 5.74) is 4.04. The fraction of sp³-hybridized carbons (Fsp3) is 0.158. The number of nitrogens with zero attached hydrogens (tertiary/aromatic N) is 6. The van der Waals surface area contributed by atoms with E-state index < -0.39 is 0 Å². The highest BCUT2D eigenvalue weighted by Gasteiger charge is 2.13. The van der Waals surface area contributed by atoms with Gasteiger partial charge in [-0.25, -0.2) is 0 Å². The summed E-state index contributed by atoms with van der Waals surface area (Å²) in [6.07, 6.45) is 3.50. The van der Waals surface area contributed by atoms with Gasteiger partial charge in [0.1, 0.15) is 12.0 Å².